The molecular weight excluding hydrogens is 182 g/mol. The van der Waals surface area contributed by atoms with Gasteiger partial charge in [-0.25, -0.2) is 9.97 Å². The van der Waals surface area contributed by atoms with Crippen molar-refractivity contribution in [3.05, 3.63) is 17.5 Å². The molecule has 2 aliphatic carbocycles. The summed E-state index contributed by atoms with van der Waals surface area (Å²) >= 11 is 0. The van der Waals surface area contributed by atoms with Crippen molar-refractivity contribution >= 4 is 5.95 Å². The highest BCUT2D eigenvalue weighted by molar-refractivity contribution is 5.41. The lowest BCUT2D eigenvalue weighted by Gasteiger charge is -2.23. The van der Waals surface area contributed by atoms with Gasteiger partial charge >= 0.3 is 0 Å². The zero-order valence-electron chi connectivity index (χ0n) is 7.46. The van der Waals surface area contributed by atoms with E-state index in [0.717, 1.165) is 17.7 Å². The van der Waals surface area contributed by atoms with Crippen LogP contribution in [-0.2, 0) is 0 Å². The van der Waals surface area contributed by atoms with Gasteiger partial charge in [-0.05, 0) is 12.0 Å². The number of anilines is 1. The molecule has 1 fully saturated rings. The molecule has 1 saturated carbocycles. The Balaban J connectivity index is 2.15. The first-order valence-corrected chi connectivity index (χ1v) is 4.67. The molecule has 0 saturated heterocycles. The predicted molar refractivity (Wildman–Crippen MR) is 48.6 cm³/mol. The van der Waals surface area contributed by atoms with Crippen LogP contribution >= 0.6 is 0 Å². The maximum Gasteiger partial charge on any atom is 0.220 e. The van der Waals surface area contributed by atoms with Crippen LogP contribution in [0.5, 0.6) is 0 Å². The summed E-state index contributed by atoms with van der Waals surface area (Å²) in [7, 11) is 0. The van der Waals surface area contributed by atoms with Crippen molar-refractivity contribution in [2.75, 3.05) is 5.73 Å². The topological polar surface area (TPSA) is 92.3 Å². The molecule has 1 aromatic rings. The zero-order valence-corrected chi connectivity index (χ0v) is 7.46. The molecule has 74 valence electrons. The quantitative estimate of drug-likeness (QED) is 0.510. The largest absolute Gasteiger partial charge is 0.390 e. The Morgan fingerprint density at radius 2 is 2.00 bits per heavy atom. The molecule has 5 nitrogen and oxygen atoms in total. The van der Waals surface area contributed by atoms with Gasteiger partial charge in [-0.3, -0.25) is 0 Å². The number of hydrogen-bond donors (Lipinski definition) is 3. The number of fused-ring (bicyclic) bond motifs is 5. The number of aromatic nitrogens is 2. The van der Waals surface area contributed by atoms with Crippen molar-refractivity contribution in [2.45, 2.75) is 30.5 Å². The molecule has 4 atom stereocenters. The van der Waals surface area contributed by atoms with Crippen molar-refractivity contribution in [3.63, 3.8) is 0 Å². The molecule has 2 aliphatic rings. The van der Waals surface area contributed by atoms with Gasteiger partial charge < -0.3 is 15.9 Å². The third kappa shape index (κ3) is 0.809. The summed E-state index contributed by atoms with van der Waals surface area (Å²) in [6.45, 7) is 0. The van der Waals surface area contributed by atoms with Crippen molar-refractivity contribution in [1.29, 1.82) is 0 Å². The normalized spacial score (nSPS) is 38.7. The summed E-state index contributed by atoms with van der Waals surface area (Å²) in [4.78, 5) is 8.02. The van der Waals surface area contributed by atoms with Crippen molar-refractivity contribution in [3.8, 4) is 0 Å². The second kappa shape index (κ2) is 2.43. The molecule has 5 heteroatoms. The second-order valence-corrected chi connectivity index (χ2v) is 4.00. The highest BCUT2D eigenvalue weighted by Gasteiger charge is 2.51. The molecule has 3 rings (SSSR count). The number of aliphatic hydroxyl groups excluding tert-OH is 2. The number of aliphatic hydroxyl groups is 2. The molecule has 14 heavy (non-hydrogen) atoms. The third-order valence-corrected chi connectivity index (χ3v) is 3.30. The van der Waals surface area contributed by atoms with E-state index < -0.39 is 12.2 Å². The van der Waals surface area contributed by atoms with Crippen LogP contribution in [-0.4, -0.2) is 32.4 Å². The minimum atomic E-state index is -0.693. The van der Waals surface area contributed by atoms with E-state index in [2.05, 4.69) is 9.97 Å². The van der Waals surface area contributed by atoms with E-state index in [1.807, 2.05) is 0 Å². The van der Waals surface area contributed by atoms with Crippen LogP contribution in [0.2, 0.25) is 0 Å². The van der Waals surface area contributed by atoms with Gasteiger partial charge in [-0.15, -0.1) is 0 Å². The first-order chi connectivity index (χ1) is 6.68. The summed E-state index contributed by atoms with van der Waals surface area (Å²) < 4.78 is 0. The van der Waals surface area contributed by atoms with Gasteiger partial charge in [-0.1, -0.05) is 0 Å². The summed E-state index contributed by atoms with van der Waals surface area (Å²) in [6, 6.07) is 0. The minimum absolute atomic E-state index is 0.00870. The van der Waals surface area contributed by atoms with Crippen LogP contribution in [0.3, 0.4) is 0 Å². The van der Waals surface area contributed by atoms with Gasteiger partial charge in [0.2, 0.25) is 5.95 Å². The van der Waals surface area contributed by atoms with E-state index in [-0.39, 0.29) is 17.8 Å². The fraction of sp³-hybridized carbons (Fsp3) is 0.556. The average molecular weight is 193 g/mol. The van der Waals surface area contributed by atoms with Gasteiger partial charge in [0, 0.05) is 18.0 Å². The molecule has 0 radical (unpaired) electrons. The highest BCUT2D eigenvalue weighted by Crippen LogP contribution is 2.52. The van der Waals surface area contributed by atoms with Crippen LogP contribution < -0.4 is 5.73 Å². The summed E-state index contributed by atoms with van der Waals surface area (Å²) in [5.41, 5.74) is 7.24. The molecular formula is C9H11N3O2. The Hall–Kier alpha value is -1.20. The Morgan fingerprint density at radius 3 is 2.79 bits per heavy atom. The minimum Gasteiger partial charge on any atom is -0.390 e. The van der Waals surface area contributed by atoms with Crippen LogP contribution in [0.4, 0.5) is 5.95 Å². The highest BCUT2D eigenvalue weighted by atomic mass is 16.3. The van der Waals surface area contributed by atoms with Crippen LogP contribution in [0.1, 0.15) is 29.5 Å². The number of nitrogens with zero attached hydrogens (tertiary/aromatic N) is 2. The van der Waals surface area contributed by atoms with E-state index in [0.29, 0.717) is 0 Å². The van der Waals surface area contributed by atoms with E-state index in [4.69, 9.17) is 5.73 Å². The lowest BCUT2D eigenvalue weighted by molar-refractivity contribution is 0.0207. The van der Waals surface area contributed by atoms with Gasteiger partial charge in [0.25, 0.3) is 0 Å². The molecule has 0 spiro atoms. The number of rotatable bonds is 0. The van der Waals surface area contributed by atoms with Crippen LogP contribution in [0.25, 0.3) is 0 Å². The molecule has 0 aliphatic heterocycles. The second-order valence-electron chi connectivity index (χ2n) is 4.00. The van der Waals surface area contributed by atoms with E-state index in [1.165, 1.54) is 0 Å². The van der Waals surface area contributed by atoms with Gasteiger partial charge in [0.1, 0.15) is 0 Å². The molecule has 0 amide bonds. The zero-order chi connectivity index (χ0) is 9.87. The standard InChI is InChI=1S/C9H11N3O2/c10-9-11-2-5-3-1-4(6(5)12-9)8(14)7(3)13/h2-4,7-8,13-14H,1H2,(H2,10,11,12)/t3-,4+,7-,8+/m0/s1. The van der Waals surface area contributed by atoms with E-state index >= 15 is 0 Å². The van der Waals surface area contributed by atoms with Gasteiger partial charge in [-0.2, -0.15) is 0 Å². The van der Waals surface area contributed by atoms with E-state index in [1.54, 1.807) is 6.20 Å². The summed E-state index contributed by atoms with van der Waals surface area (Å²) in [5, 5.41) is 19.3. The first kappa shape index (κ1) is 8.14. The van der Waals surface area contributed by atoms with Gasteiger partial charge in [0.15, 0.2) is 0 Å². The van der Waals surface area contributed by atoms with Crippen LogP contribution in [0.15, 0.2) is 6.20 Å². The molecule has 1 aromatic heterocycles. The maximum absolute atomic E-state index is 9.67. The van der Waals surface area contributed by atoms with Crippen molar-refractivity contribution < 1.29 is 10.2 Å². The molecule has 4 N–H and O–H groups in total. The summed E-state index contributed by atoms with van der Waals surface area (Å²) in [5.74, 6) is 0.166. The third-order valence-electron chi connectivity index (χ3n) is 3.30. The predicted octanol–water partition coefficient (Wildman–Crippen LogP) is -0.635. The van der Waals surface area contributed by atoms with E-state index in [9.17, 15) is 10.2 Å². The summed E-state index contributed by atoms with van der Waals surface area (Å²) in [6.07, 6.45) is 1.06. The Kier molecular flexibility index (Phi) is 1.41. The Morgan fingerprint density at radius 1 is 1.29 bits per heavy atom. The average Bonchev–Trinajstić information content (AvgIpc) is 2.65. The number of hydrogen-bond acceptors (Lipinski definition) is 5. The SMILES string of the molecule is Nc1ncc2c(n1)[C@H]1C[C@@H]2[C@H](O)[C@@H]1O. The fourth-order valence-corrected chi connectivity index (χ4v) is 2.61. The molecule has 1 heterocycles. The smallest absolute Gasteiger partial charge is 0.220 e. The van der Waals surface area contributed by atoms with Crippen molar-refractivity contribution in [2.24, 2.45) is 0 Å². The molecule has 2 bridgehead atoms. The number of nitrogen functional groups attached to an aromatic ring is 1. The van der Waals surface area contributed by atoms with Gasteiger partial charge in [0.05, 0.1) is 17.9 Å². The lowest BCUT2D eigenvalue weighted by atomic mass is 9.92. The Bertz CT molecular complexity index is 396. The molecule has 0 aromatic carbocycles. The maximum atomic E-state index is 9.67. The Labute approximate surface area is 80.6 Å². The van der Waals surface area contributed by atoms with Crippen LogP contribution in [0, 0.1) is 0 Å². The fourth-order valence-electron chi connectivity index (χ4n) is 2.61. The lowest BCUT2D eigenvalue weighted by Crippen LogP contribution is -2.31. The molecule has 0 unspecified atom stereocenters. The number of nitrogens with two attached hydrogens (primary N) is 1. The van der Waals surface area contributed by atoms with Crippen molar-refractivity contribution in [1.82, 2.24) is 9.97 Å². The first-order valence-electron chi connectivity index (χ1n) is 4.67. The monoisotopic (exact) mass is 193 g/mol.